The Balaban J connectivity index is 2.58. The van der Waals surface area contributed by atoms with Crippen molar-refractivity contribution in [3.8, 4) is 0 Å². The number of nitrogens with one attached hydrogen (secondary N) is 1. The summed E-state index contributed by atoms with van der Waals surface area (Å²) in [5.41, 5.74) is 0.383. The smallest absolute Gasteiger partial charge is 0.238 e. The molecule has 1 aromatic rings. The molecule has 0 aliphatic heterocycles. The van der Waals surface area contributed by atoms with Crippen molar-refractivity contribution in [2.75, 3.05) is 39.5 Å². The van der Waals surface area contributed by atoms with Crippen molar-refractivity contribution in [1.82, 2.24) is 9.80 Å². The summed E-state index contributed by atoms with van der Waals surface area (Å²) in [5.74, 6) is -0.356. The number of para-hydroxylation sites is 1. The summed E-state index contributed by atoms with van der Waals surface area (Å²) < 4.78 is 0. The molecule has 1 N–H and O–H groups in total. The van der Waals surface area contributed by atoms with Crippen LogP contribution in [0.3, 0.4) is 0 Å². The van der Waals surface area contributed by atoms with Crippen LogP contribution in [0.1, 0.15) is 0 Å². The van der Waals surface area contributed by atoms with Gasteiger partial charge in [0.2, 0.25) is 11.8 Å². The molecule has 1 rings (SSSR count). The minimum Gasteiger partial charge on any atom is -0.348 e. The largest absolute Gasteiger partial charge is 0.348 e. The summed E-state index contributed by atoms with van der Waals surface area (Å²) in [7, 11) is 5.02. The maximum atomic E-state index is 11.9. The van der Waals surface area contributed by atoms with Crippen LogP contribution in [0.15, 0.2) is 18.2 Å². The van der Waals surface area contributed by atoms with Crippen LogP contribution in [0.4, 0.5) is 5.69 Å². The molecule has 0 atom stereocenters. The van der Waals surface area contributed by atoms with Crippen molar-refractivity contribution in [1.29, 1.82) is 0 Å². The van der Waals surface area contributed by atoms with Crippen molar-refractivity contribution in [3.63, 3.8) is 0 Å². The zero-order valence-electron chi connectivity index (χ0n) is 11.6. The number of likely N-dealkylation sites (N-methyl/N-ethyl adjacent to an activating group) is 2. The van der Waals surface area contributed by atoms with E-state index < -0.39 is 0 Å². The second-order valence-corrected chi connectivity index (χ2v) is 5.42. The minimum atomic E-state index is -0.283. The van der Waals surface area contributed by atoms with Gasteiger partial charge in [-0.3, -0.25) is 14.5 Å². The van der Waals surface area contributed by atoms with Crippen LogP contribution in [0.25, 0.3) is 0 Å². The van der Waals surface area contributed by atoms with Gasteiger partial charge in [0.1, 0.15) is 0 Å². The maximum Gasteiger partial charge on any atom is 0.238 e. The lowest BCUT2D eigenvalue weighted by Crippen LogP contribution is -2.38. The van der Waals surface area contributed by atoms with Gasteiger partial charge in [-0.1, -0.05) is 29.3 Å². The monoisotopic (exact) mass is 317 g/mol. The normalized spacial score (nSPS) is 10.5. The first-order chi connectivity index (χ1) is 9.31. The third kappa shape index (κ3) is 5.00. The molecule has 0 unspecified atom stereocenters. The van der Waals surface area contributed by atoms with Gasteiger partial charge in [-0.2, -0.15) is 0 Å². The van der Waals surface area contributed by atoms with E-state index in [4.69, 9.17) is 23.2 Å². The SMILES string of the molecule is CN(CC(=O)Nc1c(Cl)cccc1Cl)CC(=O)N(C)C. The first-order valence-corrected chi connectivity index (χ1v) is 6.69. The first-order valence-electron chi connectivity index (χ1n) is 5.94. The zero-order valence-corrected chi connectivity index (χ0v) is 13.1. The van der Waals surface area contributed by atoms with Crippen LogP contribution in [0.2, 0.25) is 10.0 Å². The Morgan fingerprint density at radius 1 is 1.10 bits per heavy atom. The fraction of sp³-hybridized carbons (Fsp3) is 0.385. The Hall–Kier alpha value is -1.30. The lowest BCUT2D eigenvalue weighted by molar-refractivity contribution is -0.130. The number of hydrogen-bond acceptors (Lipinski definition) is 3. The highest BCUT2D eigenvalue weighted by atomic mass is 35.5. The third-order valence-electron chi connectivity index (χ3n) is 2.54. The highest BCUT2D eigenvalue weighted by Crippen LogP contribution is 2.29. The maximum absolute atomic E-state index is 11.9. The van der Waals surface area contributed by atoms with E-state index in [0.717, 1.165) is 0 Å². The Labute approximate surface area is 128 Å². The van der Waals surface area contributed by atoms with E-state index in [-0.39, 0.29) is 24.9 Å². The molecule has 7 heteroatoms. The zero-order chi connectivity index (χ0) is 15.3. The lowest BCUT2D eigenvalue weighted by Gasteiger charge is -2.18. The van der Waals surface area contributed by atoms with Crippen molar-refractivity contribution in [3.05, 3.63) is 28.2 Å². The molecule has 110 valence electrons. The Morgan fingerprint density at radius 3 is 2.15 bits per heavy atom. The van der Waals surface area contributed by atoms with Gasteiger partial charge in [0.25, 0.3) is 0 Å². The topological polar surface area (TPSA) is 52.7 Å². The second-order valence-electron chi connectivity index (χ2n) is 4.61. The second kappa shape index (κ2) is 7.47. The van der Waals surface area contributed by atoms with E-state index in [1.807, 2.05) is 0 Å². The fourth-order valence-corrected chi connectivity index (χ4v) is 1.96. The number of carbonyl (C=O) groups excluding carboxylic acids is 2. The molecule has 0 radical (unpaired) electrons. The van der Waals surface area contributed by atoms with E-state index in [2.05, 4.69) is 5.32 Å². The molecular weight excluding hydrogens is 301 g/mol. The van der Waals surface area contributed by atoms with Crippen LogP contribution in [-0.4, -0.2) is 55.8 Å². The molecule has 0 aromatic heterocycles. The number of amides is 2. The number of benzene rings is 1. The predicted molar refractivity (Wildman–Crippen MR) is 81.3 cm³/mol. The molecule has 0 aliphatic carbocycles. The third-order valence-corrected chi connectivity index (χ3v) is 3.17. The van der Waals surface area contributed by atoms with E-state index in [9.17, 15) is 9.59 Å². The van der Waals surface area contributed by atoms with Gasteiger partial charge in [0, 0.05) is 14.1 Å². The molecule has 0 aliphatic rings. The average molecular weight is 318 g/mol. The van der Waals surface area contributed by atoms with Crippen molar-refractivity contribution >= 4 is 40.7 Å². The minimum absolute atomic E-state index is 0.0706. The fourth-order valence-electron chi connectivity index (χ4n) is 1.47. The summed E-state index contributed by atoms with van der Waals surface area (Å²) in [6.07, 6.45) is 0. The van der Waals surface area contributed by atoms with Gasteiger partial charge in [0.15, 0.2) is 0 Å². The molecule has 0 heterocycles. The summed E-state index contributed by atoms with van der Waals surface area (Å²) >= 11 is 11.9. The lowest BCUT2D eigenvalue weighted by atomic mass is 10.3. The Kier molecular flexibility index (Phi) is 6.26. The number of nitrogens with zero attached hydrogens (tertiary/aromatic N) is 2. The van der Waals surface area contributed by atoms with E-state index in [0.29, 0.717) is 15.7 Å². The van der Waals surface area contributed by atoms with Gasteiger partial charge < -0.3 is 10.2 Å². The number of halogens is 2. The average Bonchev–Trinajstić information content (AvgIpc) is 2.33. The molecule has 0 bridgehead atoms. The Morgan fingerprint density at radius 2 is 1.65 bits per heavy atom. The van der Waals surface area contributed by atoms with Crippen LogP contribution in [0, 0.1) is 0 Å². The summed E-state index contributed by atoms with van der Waals surface area (Å²) in [6, 6.07) is 4.98. The standard InChI is InChI=1S/C13H17Cl2N3O2/c1-17(2)12(20)8-18(3)7-11(19)16-13-9(14)5-4-6-10(13)15/h4-6H,7-8H2,1-3H3,(H,16,19). The summed E-state index contributed by atoms with van der Waals surface area (Å²) in [6.45, 7) is 0.234. The van der Waals surface area contributed by atoms with E-state index in [1.165, 1.54) is 4.90 Å². The van der Waals surface area contributed by atoms with Gasteiger partial charge in [-0.15, -0.1) is 0 Å². The molecule has 1 aromatic carbocycles. The molecule has 20 heavy (non-hydrogen) atoms. The van der Waals surface area contributed by atoms with Crippen LogP contribution < -0.4 is 5.32 Å². The van der Waals surface area contributed by atoms with Gasteiger partial charge in [0.05, 0.1) is 28.8 Å². The molecule has 0 saturated carbocycles. The molecule has 2 amide bonds. The van der Waals surface area contributed by atoms with Gasteiger partial charge >= 0.3 is 0 Å². The number of carbonyl (C=O) groups is 2. The highest BCUT2D eigenvalue weighted by Gasteiger charge is 2.14. The summed E-state index contributed by atoms with van der Waals surface area (Å²) in [5, 5.41) is 3.39. The molecule has 0 saturated heterocycles. The molecule has 0 spiro atoms. The molecule has 0 fully saturated rings. The number of hydrogen-bond donors (Lipinski definition) is 1. The highest BCUT2D eigenvalue weighted by molar-refractivity contribution is 6.39. The van der Waals surface area contributed by atoms with Crippen LogP contribution in [-0.2, 0) is 9.59 Å². The molecular formula is C13H17Cl2N3O2. The van der Waals surface area contributed by atoms with E-state index >= 15 is 0 Å². The van der Waals surface area contributed by atoms with Crippen molar-refractivity contribution in [2.24, 2.45) is 0 Å². The quantitative estimate of drug-likeness (QED) is 0.903. The van der Waals surface area contributed by atoms with Crippen LogP contribution in [0.5, 0.6) is 0 Å². The van der Waals surface area contributed by atoms with E-state index in [1.54, 1.807) is 44.2 Å². The number of anilines is 1. The predicted octanol–water partition coefficient (Wildman–Crippen LogP) is 1.95. The molecule has 5 nitrogen and oxygen atoms in total. The first kappa shape index (κ1) is 16.8. The Bertz CT molecular complexity index is 486. The van der Waals surface area contributed by atoms with Gasteiger partial charge in [-0.25, -0.2) is 0 Å². The summed E-state index contributed by atoms with van der Waals surface area (Å²) in [4.78, 5) is 26.5. The van der Waals surface area contributed by atoms with Crippen molar-refractivity contribution < 1.29 is 9.59 Å². The van der Waals surface area contributed by atoms with Crippen LogP contribution >= 0.6 is 23.2 Å². The van der Waals surface area contributed by atoms with Gasteiger partial charge in [-0.05, 0) is 19.2 Å². The van der Waals surface area contributed by atoms with Crippen molar-refractivity contribution in [2.45, 2.75) is 0 Å². The number of rotatable bonds is 5.